The van der Waals surface area contributed by atoms with Crippen LogP contribution >= 0.6 is 0 Å². The summed E-state index contributed by atoms with van der Waals surface area (Å²) in [6, 6.07) is 13.0. The Morgan fingerprint density at radius 3 is 2.26 bits per heavy atom. The highest BCUT2D eigenvalue weighted by Gasteiger charge is 2.32. The maximum atomic E-state index is 12.9. The largest absolute Gasteiger partial charge is 0.481 e. The first-order valence-electron chi connectivity index (χ1n) is 11.0. The van der Waals surface area contributed by atoms with Crippen molar-refractivity contribution in [1.82, 2.24) is 9.21 Å². The van der Waals surface area contributed by atoms with Crippen LogP contribution in [0.15, 0.2) is 47.4 Å². The Labute approximate surface area is 184 Å². The normalized spacial score (nSPS) is 18.3. The molecule has 1 amide bonds. The molecule has 0 aromatic heterocycles. The van der Waals surface area contributed by atoms with Crippen molar-refractivity contribution < 1.29 is 17.9 Å². The Hall–Kier alpha value is -2.38. The van der Waals surface area contributed by atoms with Crippen LogP contribution in [0.5, 0.6) is 5.75 Å². The van der Waals surface area contributed by atoms with Crippen molar-refractivity contribution in [3.05, 3.63) is 59.2 Å². The molecule has 6 nitrogen and oxygen atoms in total. The lowest BCUT2D eigenvalue weighted by Crippen LogP contribution is -2.53. The number of piperazine rings is 1. The standard InChI is InChI=1S/C24H30N2O4S/c1-18-7-11-23(12-8-18)31(28,29)26-15-13-25(14-16-26)24(27)19(2)30-22-10-9-20-5-3-4-6-21(20)17-22/h7-12,17,19H,3-6,13-16H2,1-2H3/t19-/m0/s1. The van der Waals surface area contributed by atoms with Gasteiger partial charge >= 0.3 is 0 Å². The molecule has 1 saturated heterocycles. The number of amides is 1. The van der Waals surface area contributed by atoms with Gasteiger partial charge in [0.05, 0.1) is 4.90 Å². The second-order valence-electron chi connectivity index (χ2n) is 8.44. The van der Waals surface area contributed by atoms with Gasteiger partial charge in [-0.05, 0) is 74.9 Å². The maximum absolute atomic E-state index is 12.9. The Morgan fingerprint density at radius 2 is 1.58 bits per heavy atom. The van der Waals surface area contributed by atoms with Crippen LogP contribution in [0.25, 0.3) is 0 Å². The zero-order chi connectivity index (χ0) is 22.0. The average Bonchev–Trinajstić information content (AvgIpc) is 2.79. The zero-order valence-electron chi connectivity index (χ0n) is 18.2. The molecule has 0 bridgehead atoms. The van der Waals surface area contributed by atoms with Crippen molar-refractivity contribution in [2.75, 3.05) is 26.2 Å². The fourth-order valence-electron chi connectivity index (χ4n) is 4.30. The van der Waals surface area contributed by atoms with Crippen LogP contribution in [0.4, 0.5) is 0 Å². The van der Waals surface area contributed by atoms with Crippen molar-refractivity contribution in [3.8, 4) is 5.75 Å². The van der Waals surface area contributed by atoms with E-state index in [1.165, 1.54) is 28.3 Å². The number of hydrogen-bond donors (Lipinski definition) is 0. The van der Waals surface area contributed by atoms with Crippen molar-refractivity contribution in [2.45, 2.75) is 50.5 Å². The lowest BCUT2D eigenvalue weighted by Gasteiger charge is -2.35. The molecule has 0 unspecified atom stereocenters. The third-order valence-electron chi connectivity index (χ3n) is 6.19. The third-order valence-corrected chi connectivity index (χ3v) is 8.10. The Balaban J connectivity index is 1.35. The highest BCUT2D eigenvalue weighted by atomic mass is 32.2. The molecular weight excluding hydrogens is 412 g/mol. The summed E-state index contributed by atoms with van der Waals surface area (Å²) >= 11 is 0. The van der Waals surface area contributed by atoms with Gasteiger partial charge in [-0.15, -0.1) is 0 Å². The van der Waals surface area contributed by atoms with Crippen molar-refractivity contribution in [3.63, 3.8) is 0 Å². The summed E-state index contributed by atoms with van der Waals surface area (Å²) in [5.41, 5.74) is 3.71. The Bertz CT molecular complexity index is 1040. The lowest BCUT2D eigenvalue weighted by atomic mass is 9.92. The number of benzene rings is 2. The van der Waals surface area contributed by atoms with Crippen LogP contribution in [0, 0.1) is 6.92 Å². The van der Waals surface area contributed by atoms with E-state index in [9.17, 15) is 13.2 Å². The van der Waals surface area contributed by atoms with Gasteiger partial charge in [0.2, 0.25) is 10.0 Å². The van der Waals surface area contributed by atoms with E-state index in [0.717, 1.165) is 24.2 Å². The minimum absolute atomic E-state index is 0.106. The summed E-state index contributed by atoms with van der Waals surface area (Å²) < 4.78 is 33.1. The van der Waals surface area contributed by atoms with E-state index < -0.39 is 16.1 Å². The molecule has 4 rings (SSSR count). The number of aryl methyl sites for hydroxylation is 3. The second-order valence-corrected chi connectivity index (χ2v) is 10.4. The summed E-state index contributed by atoms with van der Waals surface area (Å²) in [5.74, 6) is 0.618. The molecule has 1 aliphatic heterocycles. The minimum Gasteiger partial charge on any atom is -0.481 e. The van der Waals surface area contributed by atoms with Crippen molar-refractivity contribution in [1.29, 1.82) is 0 Å². The van der Waals surface area contributed by atoms with Gasteiger partial charge in [-0.3, -0.25) is 4.79 Å². The molecule has 166 valence electrons. The predicted molar refractivity (Wildman–Crippen MR) is 120 cm³/mol. The van der Waals surface area contributed by atoms with E-state index in [0.29, 0.717) is 18.0 Å². The maximum Gasteiger partial charge on any atom is 0.263 e. The van der Waals surface area contributed by atoms with Crippen LogP contribution in [-0.4, -0.2) is 55.8 Å². The molecule has 0 saturated carbocycles. The lowest BCUT2D eigenvalue weighted by molar-refractivity contribution is -0.139. The first-order valence-corrected chi connectivity index (χ1v) is 12.4. The van der Waals surface area contributed by atoms with Crippen LogP contribution in [0.2, 0.25) is 0 Å². The average molecular weight is 443 g/mol. The molecule has 1 atom stereocenters. The smallest absolute Gasteiger partial charge is 0.263 e. The van der Waals surface area contributed by atoms with Crippen molar-refractivity contribution >= 4 is 15.9 Å². The Morgan fingerprint density at radius 1 is 0.935 bits per heavy atom. The topological polar surface area (TPSA) is 66.9 Å². The molecule has 7 heteroatoms. The summed E-state index contributed by atoms with van der Waals surface area (Å²) in [5, 5.41) is 0. The summed E-state index contributed by atoms with van der Waals surface area (Å²) in [6.45, 7) is 4.98. The van der Waals surface area contributed by atoms with Gasteiger partial charge in [0.25, 0.3) is 5.91 Å². The van der Waals surface area contributed by atoms with Gasteiger partial charge < -0.3 is 9.64 Å². The monoisotopic (exact) mass is 442 g/mol. The van der Waals surface area contributed by atoms with Crippen LogP contribution in [-0.2, 0) is 27.7 Å². The van der Waals surface area contributed by atoms with Gasteiger partial charge in [0.15, 0.2) is 6.10 Å². The molecule has 2 aromatic carbocycles. The van der Waals surface area contributed by atoms with Gasteiger partial charge in [-0.2, -0.15) is 4.31 Å². The zero-order valence-corrected chi connectivity index (χ0v) is 19.0. The molecule has 0 spiro atoms. The quantitative estimate of drug-likeness (QED) is 0.713. The summed E-state index contributed by atoms with van der Waals surface area (Å²) in [4.78, 5) is 14.9. The van der Waals surface area contributed by atoms with E-state index in [-0.39, 0.29) is 19.0 Å². The summed E-state index contributed by atoms with van der Waals surface area (Å²) in [6.07, 6.45) is 3.99. The fraction of sp³-hybridized carbons (Fsp3) is 0.458. The van der Waals surface area contributed by atoms with E-state index in [1.807, 2.05) is 13.0 Å². The van der Waals surface area contributed by atoms with Crippen LogP contribution < -0.4 is 4.74 Å². The van der Waals surface area contributed by atoms with Gasteiger partial charge in [0, 0.05) is 26.2 Å². The number of fused-ring (bicyclic) bond motifs is 1. The highest BCUT2D eigenvalue weighted by Crippen LogP contribution is 2.26. The van der Waals surface area contributed by atoms with Crippen molar-refractivity contribution in [2.24, 2.45) is 0 Å². The molecule has 0 radical (unpaired) electrons. The van der Waals surface area contributed by atoms with E-state index in [1.54, 1.807) is 36.1 Å². The molecule has 1 aliphatic carbocycles. The molecule has 2 aliphatic rings. The molecule has 1 heterocycles. The number of hydrogen-bond acceptors (Lipinski definition) is 4. The van der Waals surface area contributed by atoms with Gasteiger partial charge in [-0.25, -0.2) is 8.42 Å². The number of carbonyl (C=O) groups excluding carboxylic acids is 1. The first-order chi connectivity index (χ1) is 14.8. The number of sulfonamides is 1. The number of carbonyl (C=O) groups is 1. The first kappa shape index (κ1) is 21.8. The SMILES string of the molecule is Cc1ccc(S(=O)(=O)N2CCN(C(=O)[C@H](C)Oc3ccc4c(c3)CCCC4)CC2)cc1. The van der Waals surface area contributed by atoms with Crippen LogP contribution in [0.3, 0.4) is 0 Å². The number of rotatable bonds is 5. The highest BCUT2D eigenvalue weighted by molar-refractivity contribution is 7.89. The number of ether oxygens (including phenoxy) is 1. The fourth-order valence-corrected chi connectivity index (χ4v) is 5.73. The van der Waals surface area contributed by atoms with E-state index in [2.05, 4.69) is 12.1 Å². The minimum atomic E-state index is -3.54. The van der Waals surface area contributed by atoms with Crippen LogP contribution in [0.1, 0.15) is 36.5 Å². The van der Waals surface area contributed by atoms with Gasteiger partial charge in [0.1, 0.15) is 5.75 Å². The van der Waals surface area contributed by atoms with E-state index in [4.69, 9.17) is 4.74 Å². The molecule has 1 fully saturated rings. The van der Waals surface area contributed by atoms with E-state index >= 15 is 0 Å². The molecule has 0 N–H and O–H groups in total. The number of nitrogens with zero attached hydrogens (tertiary/aromatic N) is 2. The van der Waals surface area contributed by atoms with Gasteiger partial charge in [-0.1, -0.05) is 23.8 Å². The Kier molecular flexibility index (Phi) is 6.34. The third kappa shape index (κ3) is 4.77. The molecular formula is C24H30N2O4S. The predicted octanol–water partition coefficient (Wildman–Crippen LogP) is 3.17. The second kappa shape index (κ2) is 9.01. The molecule has 2 aromatic rings. The molecule has 31 heavy (non-hydrogen) atoms. The summed E-state index contributed by atoms with van der Waals surface area (Å²) in [7, 11) is -3.54.